The van der Waals surface area contributed by atoms with Crippen LogP contribution in [0.2, 0.25) is 0 Å². The van der Waals surface area contributed by atoms with Crippen molar-refractivity contribution in [2.75, 3.05) is 0 Å². The molecule has 82 valence electrons. The Morgan fingerprint density at radius 1 is 1.56 bits per heavy atom. The summed E-state index contributed by atoms with van der Waals surface area (Å²) in [4.78, 5) is 15.5. The quantitative estimate of drug-likeness (QED) is 0.837. The maximum absolute atomic E-state index is 11.2. The van der Waals surface area contributed by atoms with Gasteiger partial charge >= 0.3 is 5.97 Å². The first kappa shape index (κ1) is 10.4. The number of aryl methyl sites for hydroxylation is 2. The Hall–Kier alpha value is -2.10. The molecule has 0 radical (unpaired) electrons. The number of hydrogen-bond donors (Lipinski definition) is 1. The predicted octanol–water partition coefficient (Wildman–Crippen LogP) is 2.22. The van der Waals surface area contributed by atoms with E-state index in [0.717, 1.165) is 11.1 Å². The van der Waals surface area contributed by atoms with Crippen molar-refractivity contribution < 1.29 is 9.90 Å². The van der Waals surface area contributed by atoms with Gasteiger partial charge in [0, 0.05) is 23.7 Å². The van der Waals surface area contributed by atoms with Gasteiger partial charge in [-0.3, -0.25) is 0 Å². The lowest BCUT2D eigenvalue weighted by Gasteiger charge is -1.98. The lowest BCUT2D eigenvalue weighted by atomic mass is 10.1. The Balaban J connectivity index is 2.96. The Kier molecular flexibility index (Phi) is 2.27. The van der Waals surface area contributed by atoms with Crippen LogP contribution in [0.25, 0.3) is 17.1 Å². The second-order valence-corrected chi connectivity index (χ2v) is 3.65. The van der Waals surface area contributed by atoms with Crippen molar-refractivity contribution in [3.8, 4) is 0 Å². The first-order chi connectivity index (χ1) is 7.56. The Bertz CT molecular complexity index is 597. The van der Waals surface area contributed by atoms with Crippen molar-refractivity contribution in [1.82, 2.24) is 9.55 Å². The molecule has 4 nitrogen and oxygen atoms in total. The fourth-order valence-electron chi connectivity index (χ4n) is 1.89. The second-order valence-electron chi connectivity index (χ2n) is 3.65. The zero-order valence-electron chi connectivity index (χ0n) is 9.19. The van der Waals surface area contributed by atoms with Gasteiger partial charge in [-0.2, -0.15) is 0 Å². The van der Waals surface area contributed by atoms with E-state index < -0.39 is 5.97 Å². The highest BCUT2D eigenvalue weighted by Gasteiger charge is 2.19. The zero-order chi connectivity index (χ0) is 11.9. The summed E-state index contributed by atoms with van der Waals surface area (Å²) in [6.07, 6.45) is 1.56. The van der Waals surface area contributed by atoms with Gasteiger partial charge in [0.05, 0.1) is 0 Å². The molecule has 4 heteroatoms. The molecule has 2 heterocycles. The minimum absolute atomic E-state index is 0.225. The van der Waals surface area contributed by atoms with E-state index in [9.17, 15) is 4.79 Å². The molecule has 0 unspecified atom stereocenters. The van der Waals surface area contributed by atoms with Crippen LogP contribution in [0.3, 0.4) is 0 Å². The van der Waals surface area contributed by atoms with Crippen molar-refractivity contribution in [2.45, 2.75) is 6.92 Å². The second kappa shape index (κ2) is 3.48. The van der Waals surface area contributed by atoms with Crippen LogP contribution in [0.5, 0.6) is 0 Å². The number of pyridine rings is 1. The van der Waals surface area contributed by atoms with Gasteiger partial charge in [-0.05, 0) is 19.1 Å². The Morgan fingerprint density at radius 3 is 2.81 bits per heavy atom. The van der Waals surface area contributed by atoms with Crippen molar-refractivity contribution in [3.63, 3.8) is 0 Å². The molecule has 2 aromatic rings. The summed E-state index contributed by atoms with van der Waals surface area (Å²) in [5, 5.41) is 9.97. The molecule has 16 heavy (non-hydrogen) atoms. The summed E-state index contributed by atoms with van der Waals surface area (Å²) in [5.41, 5.74) is 2.38. The third-order valence-corrected chi connectivity index (χ3v) is 2.62. The lowest BCUT2D eigenvalue weighted by Crippen LogP contribution is -2.06. The molecule has 0 amide bonds. The van der Waals surface area contributed by atoms with Crippen LogP contribution in [0.1, 0.15) is 21.7 Å². The standard InChI is InChI=1S/C12H12N2O2/c1-4-8-9-6-5-7(2)13-11(9)14(3)10(8)12(15)16/h4-6H,1H2,2-3H3,(H,15,16). The molecule has 0 fully saturated rings. The van der Waals surface area contributed by atoms with Gasteiger partial charge in [-0.25, -0.2) is 9.78 Å². The molecular weight excluding hydrogens is 204 g/mol. The molecule has 0 atom stereocenters. The number of carbonyl (C=O) groups is 1. The minimum atomic E-state index is -0.965. The summed E-state index contributed by atoms with van der Waals surface area (Å²) in [5.74, 6) is -0.965. The summed E-state index contributed by atoms with van der Waals surface area (Å²) < 4.78 is 1.58. The van der Waals surface area contributed by atoms with Crippen molar-refractivity contribution in [3.05, 3.63) is 35.7 Å². The van der Waals surface area contributed by atoms with Crippen molar-refractivity contribution in [2.24, 2.45) is 7.05 Å². The third-order valence-electron chi connectivity index (χ3n) is 2.62. The van der Waals surface area contributed by atoms with Gasteiger partial charge in [-0.1, -0.05) is 12.7 Å². The number of carboxylic acid groups (broad SMARTS) is 1. The van der Waals surface area contributed by atoms with E-state index in [1.165, 1.54) is 0 Å². The van der Waals surface area contributed by atoms with E-state index in [4.69, 9.17) is 5.11 Å². The van der Waals surface area contributed by atoms with E-state index in [0.29, 0.717) is 11.2 Å². The Labute approximate surface area is 92.8 Å². The molecular formula is C12H12N2O2. The first-order valence-corrected chi connectivity index (χ1v) is 4.88. The number of aromatic nitrogens is 2. The van der Waals surface area contributed by atoms with E-state index in [1.807, 2.05) is 19.1 Å². The van der Waals surface area contributed by atoms with Gasteiger partial charge in [0.25, 0.3) is 0 Å². The monoisotopic (exact) mass is 216 g/mol. The maximum atomic E-state index is 11.2. The Morgan fingerprint density at radius 2 is 2.25 bits per heavy atom. The van der Waals surface area contributed by atoms with Gasteiger partial charge in [-0.15, -0.1) is 0 Å². The molecule has 1 N–H and O–H groups in total. The average molecular weight is 216 g/mol. The van der Waals surface area contributed by atoms with Crippen LogP contribution < -0.4 is 0 Å². The highest BCUT2D eigenvalue weighted by Crippen LogP contribution is 2.25. The fraction of sp³-hybridized carbons (Fsp3) is 0.167. The van der Waals surface area contributed by atoms with E-state index in [2.05, 4.69) is 11.6 Å². The number of carboxylic acids is 1. The summed E-state index contributed by atoms with van der Waals surface area (Å²) in [6, 6.07) is 3.74. The van der Waals surface area contributed by atoms with E-state index in [-0.39, 0.29) is 5.69 Å². The number of aromatic carboxylic acids is 1. The highest BCUT2D eigenvalue weighted by molar-refractivity contribution is 6.01. The molecule has 0 spiro atoms. The predicted molar refractivity (Wildman–Crippen MR) is 62.5 cm³/mol. The summed E-state index contributed by atoms with van der Waals surface area (Å²) in [6.45, 7) is 5.53. The first-order valence-electron chi connectivity index (χ1n) is 4.88. The lowest BCUT2D eigenvalue weighted by molar-refractivity contribution is 0.0687. The van der Waals surface area contributed by atoms with E-state index in [1.54, 1.807) is 17.7 Å². The van der Waals surface area contributed by atoms with Gasteiger partial charge < -0.3 is 9.67 Å². The molecule has 0 aliphatic carbocycles. The number of rotatable bonds is 2. The maximum Gasteiger partial charge on any atom is 0.353 e. The van der Waals surface area contributed by atoms with Crippen LogP contribution in [-0.4, -0.2) is 20.6 Å². The SMILES string of the molecule is C=Cc1c(C(=O)O)n(C)c2nc(C)ccc12. The topological polar surface area (TPSA) is 55.1 Å². The van der Waals surface area contributed by atoms with Crippen LogP contribution in [-0.2, 0) is 7.05 Å². The highest BCUT2D eigenvalue weighted by atomic mass is 16.4. The molecule has 0 aromatic carbocycles. The third kappa shape index (κ3) is 1.31. The smallest absolute Gasteiger partial charge is 0.353 e. The summed E-state index contributed by atoms with van der Waals surface area (Å²) in [7, 11) is 1.70. The molecule has 0 aliphatic rings. The van der Waals surface area contributed by atoms with Crippen LogP contribution in [0.4, 0.5) is 0 Å². The molecule has 2 aromatic heterocycles. The average Bonchev–Trinajstić information content (AvgIpc) is 2.51. The van der Waals surface area contributed by atoms with Gasteiger partial charge in [0.2, 0.25) is 0 Å². The molecule has 0 bridgehead atoms. The normalized spacial score (nSPS) is 10.6. The molecule has 0 saturated carbocycles. The van der Waals surface area contributed by atoms with Gasteiger partial charge in [0.15, 0.2) is 0 Å². The number of nitrogens with zero attached hydrogens (tertiary/aromatic N) is 2. The number of hydrogen-bond acceptors (Lipinski definition) is 2. The molecule has 0 saturated heterocycles. The minimum Gasteiger partial charge on any atom is -0.477 e. The van der Waals surface area contributed by atoms with Crippen molar-refractivity contribution >= 4 is 23.1 Å². The zero-order valence-corrected chi connectivity index (χ0v) is 9.19. The van der Waals surface area contributed by atoms with Crippen molar-refractivity contribution in [1.29, 1.82) is 0 Å². The van der Waals surface area contributed by atoms with Crippen LogP contribution in [0.15, 0.2) is 18.7 Å². The van der Waals surface area contributed by atoms with Crippen LogP contribution in [0, 0.1) is 6.92 Å². The summed E-state index contributed by atoms with van der Waals surface area (Å²) >= 11 is 0. The van der Waals surface area contributed by atoms with E-state index >= 15 is 0 Å². The van der Waals surface area contributed by atoms with Crippen LogP contribution >= 0.6 is 0 Å². The largest absolute Gasteiger partial charge is 0.477 e. The number of fused-ring (bicyclic) bond motifs is 1. The molecule has 2 rings (SSSR count). The fourth-order valence-corrected chi connectivity index (χ4v) is 1.89. The van der Waals surface area contributed by atoms with Gasteiger partial charge in [0.1, 0.15) is 11.3 Å². The molecule has 0 aliphatic heterocycles.